The number of fused-ring (bicyclic) bond motifs is 1. The zero-order chi connectivity index (χ0) is 26.4. The van der Waals surface area contributed by atoms with E-state index < -0.39 is 35.3 Å². The highest BCUT2D eigenvalue weighted by Crippen LogP contribution is 2.50. The Balaban J connectivity index is 1.42. The van der Waals surface area contributed by atoms with Crippen LogP contribution in [0.3, 0.4) is 0 Å². The fourth-order valence-corrected chi connectivity index (χ4v) is 4.80. The predicted octanol–water partition coefficient (Wildman–Crippen LogP) is 5.83. The number of alkyl halides is 3. The van der Waals surface area contributed by atoms with E-state index in [4.69, 9.17) is 9.47 Å². The van der Waals surface area contributed by atoms with Gasteiger partial charge in [-0.15, -0.1) is 0 Å². The third kappa shape index (κ3) is 4.73. The first-order valence-corrected chi connectivity index (χ1v) is 11.8. The molecule has 9 heteroatoms. The summed E-state index contributed by atoms with van der Waals surface area (Å²) in [5, 5.41) is 12.3. The average Bonchev–Trinajstić information content (AvgIpc) is 3.70. The quantitative estimate of drug-likeness (QED) is 0.435. The van der Waals surface area contributed by atoms with Gasteiger partial charge in [-0.2, -0.15) is 13.2 Å². The number of amides is 1. The third-order valence-corrected chi connectivity index (χ3v) is 7.10. The molecule has 0 bridgehead atoms. The van der Waals surface area contributed by atoms with Gasteiger partial charge in [0.15, 0.2) is 0 Å². The van der Waals surface area contributed by atoms with Crippen LogP contribution in [0.2, 0.25) is 0 Å². The largest absolute Gasteiger partial charge is 0.497 e. The lowest BCUT2D eigenvalue weighted by Gasteiger charge is -2.34. The summed E-state index contributed by atoms with van der Waals surface area (Å²) in [6.07, 6.45) is -3.43. The van der Waals surface area contributed by atoms with Gasteiger partial charge in [-0.1, -0.05) is 24.3 Å². The molecule has 2 aliphatic rings. The molecule has 1 aliphatic carbocycles. The molecule has 1 heterocycles. The van der Waals surface area contributed by atoms with Crippen LogP contribution in [0.25, 0.3) is 0 Å². The number of aromatic carboxylic acids is 1. The van der Waals surface area contributed by atoms with E-state index in [0.29, 0.717) is 36.3 Å². The van der Waals surface area contributed by atoms with Crippen LogP contribution in [0.4, 0.5) is 13.2 Å². The molecule has 0 unspecified atom stereocenters. The highest BCUT2D eigenvalue weighted by Gasteiger charge is 2.52. The maximum atomic E-state index is 13.5. The van der Waals surface area contributed by atoms with Gasteiger partial charge in [0.05, 0.1) is 29.7 Å². The van der Waals surface area contributed by atoms with Crippen LogP contribution in [0.1, 0.15) is 64.0 Å². The number of ether oxygens (including phenoxy) is 2. The van der Waals surface area contributed by atoms with Gasteiger partial charge in [-0.3, -0.25) is 4.79 Å². The van der Waals surface area contributed by atoms with Crippen molar-refractivity contribution in [2.24, 2.45) is 0 Å². The Labute approximate surface area is 211 Å². The summed E-state index contributed by atoms with van der Waals surface area (Å²) >= 11 is 0. The molecule has 1 fully saturated rings. The Bertz CT molecular complexity index is 1330. The second-order valence-corrected chi connectivity index (χ2v) is 9.36. The van der Waals surface area contributed by atoms with Crippen molar-refractivity contribution in [3.8, 4) is 11.5 Å². The van der Waals surface area contributed by atoms with Crippen LogP contribution in [-0.4, -0.2) is 24.1 Å². The molecular formula is C28H24F3NO5. The maximum absolute atomic E-state index is 13.5. The van der Waals surface area contributed by atoms with Crippen molar-refractivity contribution in [2.75, 3.05) is 7.11 Å². The number of nitrogens with one attached hydrogen (secondary N) is 1. The average molecular weight is 511 g/mol. The molecule has 2 atom stereocenters. The Morgan fingerprint density at radius 2 is 1.70 bits per heavy atom. The molecule has 3 aromatic rings. The molecule has 192 valence electrons. The summed E-state index contributed by atoms with van der Waals surface area (Å²) in [5.74, 6) is -0.174. The zero-order valence-corrected chi connectivity index (χ0v) is 19.8. The van der Waals surface area contributed by atoms with Gasteiger partial charge in [-0.25, -0.2) is 4.79 Å². The summed E-state index contributed by atoms with van der Waals surface area (Å²) in [7, 11) is 1.53. The summed E-state index contributed by atoms with van der Waals surface area (Å²) in [6, 6.07) is 16.0. The molecule has 1 amide bonds. The molecule has 1 aliphatic heterocycles. The highest BCUT2D eigenvalue weighted by atomic mass is 19.4. The smallest absolute Gasteiger partial charge is 0.416 e. The number of rotatable bonds is 6. The van der Waals surface area contributed by atoms with Crippen molar-refractivity contribution >= 4 is 11.9 Å². The van der Waals surface area contributed by atoms with Crippen LogP contribution < -0.4 is 14.8 Å². The van der Waals surface area contributed by atoms with Crippen molar-refractivity contribution < 1.29 is 37.3 Å². The topological polar surface area (TPSA) is 84.9 Å². The van der Waals surface area contributed by atoms with Crippen molar-refractivity contribution in [1.29, 1.82) is 0 Å². The van der Waals surface area contributed by atoms with Crippen molar-refractivity contribution in [3.63, 3.8) is 0 Å². The lowest BCUT2D eigenvalue weighted by molar-refractivity contribution is -0.137. The number of halogens is 3. The van der Waals surface area contributed by atoms with Crippen LogP contribution in [-0.2, 0) is 16.4 Å². The SMILES string of the molecule is COc1ccc2c(c1)O[C@@H](c1ccc(C(=O)O)cc1)C[C@H]2NC(=O)C1(c2ccc(C(F)(F)F)cc2)CC1. The zero-order valence-electron chi connectivity index (χ0n) is 19.8. The molecule has 2 N–H and O–H groups in total. The van der Waals surface area contributed by atoms with Gasteiger partial charge in [-0.05, 0) is 60.4 Å². The molecule has 0 saturated heterocycles. The van der Waals surface area contributed by atoms with Crippen LogP contribution in [0, 0.1) is 0 Å². The predicted molar refractivity (Wildman–Crippen MR) is 128 cm³/mol. The number of carbonyl (C=O) groups excluding carboxylic acids is 1. The Morgan fingerprint density at radius 1 is 1.03 bits per heavy atom. The van der Waals surface area contributed by atoms with Crippen molar-refractivity contribution in [1.82, 2.24) is 5.32 Å². The van der Waals surface area contributed by atoms with Crippen molar-refractivity contribution in [2.45, 2.75) is 43.0 Å². The number of carboxylic acid groups (broad SMARTS) is 1. The third-order valence-electron chi connectivity index (χ3n) is 7.10. The van der Waals surface area contributed by atoms with E-state index in [-0.39, 0.29) is 11.5 Å². The fraction of sp³-hybridized carbons (Fsp3) is 0.286. The normalized spacial score (nSPS) is 19.8. The number of carboxylic acids is 1. The standard InChI is InChI=1S/C28H24F3NO5/c1-36-20-10-11-21-22(15-23(37-24(21)14-20)16-2-4-17(5-3-16)25(33)34)32-26(35)27(12-13-27)18-6-8-19(9-7-18)28(29,30)31/h2-11,14,22-23H,12-13,15H2,1H3,(H,32,35)(H,33,34)/t22-,23-/m1/s1. The van der Waals surface area contributed by atoms with E-state index >= 15 is 0 Å². The molecule has 3 aromatic carbocycles. The van der Waals surface area contributed by atoms with E-state index in [9.17, 15) is 27.9 Å². The summed E-state index contributed by atoms with van der Waals surface area (Å²) in [4.78, 5) is 24.7. The minimum atomic E-state index is -4.44. The Morgan fingerprint density at radius 3 is 2.27 bits per heavy atom. The Kier molecular flexibility index (Phi) is 6.09. The lowest BCUT2D eigenvalue weighted by Crippen LogP contribution is -2.39. The summed E-state index contributed by atoms with van der Waals surface area (Å²) in [6.45, 7) is 0. The molecule has 5 rings (SSSR count). The molecule has 1 saturated carbocycles. The molecule has 37 heavy (non-hydrogen) atoms. The van der Waals surface area contributed by atoms with Gasteiger partial charge in [0.1, 0.15) is 17.6 Å². The number of benzene rings is 3. The van der Waals surface area contributed by atoms with Gasteiger partial charge >= 0.3 is 12.1 Å². The minimum Gasteiger partial charge on any atom is -0.497 e. The van der Waals surface area contributed by atoms with E-state index in [0.717, 1.165) is 23.3 Å². The van der Waals surface area contributed by atoms with Crippen LogP contribution in [0.15, 0.2) is 66.7 Å². The van der Waals surface area contributed by atoms with E-state index in [1.165, 1.54) is 31.4 Å². The molecule has 6 nitrogen and oxygen atoms in total. The number of hydrogen-bond donors (Lipinski definition) is 2. The first-order chi connectivity index (χ1) is 17.6. The summed E-state index contributed by atoms with van der Waals surface area (Å²) in [5.41, 5.74) is 0.599. The lowest BCUT2D eigenvalue weighted by atomic mass is 9.90. The molecular weight excluding hydrogens is 487 g/mol. The second kappa shape index (κ2) is 9.14. The molecule has 0 aromatic heterocycles. The summed E-state index contributed by atoms with van der Waals surface area (Å²) < 4.78 is 50.6. The number of methoxy groups -OCH3 is 1. The van der Waals surface area contributed by atoms with Crippen molar-refractivity contribution in [3.05, 3.63) is 94.5 Å². The van der Waals surface area contributed by atoms with E-state index in [2.05, 4.69) is 5.32 Å². The first kappa shape index (κ1) is 24.7. The molecule has 0 spiro atoms. The van der Waals surface area contributed by atoms with E-state index in [1.54, 1.807) is 24.3 Å². The monoisotopic (exact) mass is 511 g/mol. The van der Waals surface area contributed by atoms with Gasteiger partial charge in [0.25, 0.3) is 0 Å². The van der Waals surface area contributed by atoms with E-state index in [1.807, 2.05) is 6.07 Å². The molecule has 0 radical (unpaired) electrons. The van der Waals surface area contributed by atoms with Gasteiger partial charge < -0.3 is 19.9 Å². The number of carbonyl (C=O) groups is 2. The van der Waals surface area contributed by atoms with Crippen LogP contribution >= 0.6 is 0 Å². The van der Waals surface area contributed by atoms with Gasteiger partial charge in [0.2, 0.25) is 5.91 Å². The van der Waals surface area contributed by atoms with Crippen LogP contribution in [0.5, 0.6) is 11.5 Å². The maximum Gasteiger partial charge on any atom is 0.416 e. The second-order valence-electron chi connectivity index (χ2n) is 9.36. The Hall–Kier alpha value is -4.01. The first-order valence-electron chi connectivity index (χ1n) is 11.8. The van der Waals surface area contributed by atoms with Gasteiger partial charge in [0, 0.05) is 18.1 Å². The minimum absolute atomic E-state index is 0.152. The fourth-order valence-electron chi connectivity index (χ4n) is 4.80. The highest BCUT2D eigenvalue weighted by molar-refractivity contribution is 5.91. The number of hydrogen-bond acceptors (Lipinski definition) is 4.